The van der Waals surface area contributed by atoms with Gasteiger partial charge in [0.15, 0.2) is 0 Å². The van der Waals surface area contributed by atoms with Gasteiger partial charge in [0.1, 0.15) is 17.3 Å². The van der Waals surface area contributed by atoms with Gasteiger partial charge < -0.3 is 14.6 Å². The molecule has 0 aromatic heterocycles. The molecule has 0 fully saturated rings. The Labute approximate surface area is 87.8 Å². The highest BCUT2D eigenvalue weighted by Crippen LogP contribution is 2.24. The van der Waals surface area contributed by atoms with E-state index in [1.807, 2.05) is 0 Å². The van der Waals surface area contributed by atoms with Crippen LogP contribution in [0.1, 0.15) is 5.56 Å². The normalized spacial score (nSPS) is 11.3. The van der Waals surface area contributed by atoms with E-state index in [1.54, 1.807) is 18.2 Å². The lowest BCUT2D eigenvalue weighted by molar-refractivity contribution is 0.300. The van der Waals surface area contributed by atoms with Crippen LogP contribution in [0.4, 0.5) is 4.39 Å². The molecule has 0 bridgehead atoms. The van der Waals surface area contributed by atoms with Crippen molar-refractivity contribution in [1.82, 2.24) is 0 Å². The van der Waals surface area contributed by atoms with Gasteiger partial charge in [-0.25, -0.2) is 4.39 Å². The minimum absolute atomic E-state index is 0.575. The second-order valence-electron chi connectivity index (χ2n) is 2.90. The third-order valence-corrected chi connectivity index (χ3v) is 1.85. The maximum absolute atomic E-state index is 12.8. The second-order valence-corrected chi connectivity index (χ2v) is 2.90. The molecule has 0 heterocycles. The summed E-state index contributed by atoms with van der Waals surface area (Å²) < 4.78 is 22.9. The van der Waals surface area contributed by atoms with Crippen LogP contribution >= 0.6 is 0 Å². The molecule has 0 amide bonds. The maximum atomic E-state index is 12.8. The van der Waals surface area contributed by atoms with Crippen molar-refractivity contribution in [2.75, 3.05) is 20.8 Å². The van der Waals surface area contributed by atoms with Crippen LogP contribution in [0, 0.1) is 0 Å². The van der Waals surface area contributed by atoms with Gasteiger partial charge in [-0.3, -0.25) is 0 Å². The van der Waals surface area contributed by atoms with Crippen LogP contribution in [0.25, 0.3) is 6.08 Å². The van der Waals surface area contributed by atoms with Crippen molar-refractivity contribution < 1.29 is 19.0 Å². The van der Waals surface area contributed by atoms with Crippen LogP contribution in [0.5, 0.6) is 11.5 Å². The van der Waals surface area contributed by atoms with Crippen LogP contribution in [0.15, 0.2) is 24.0 Å². The van der Waals surface area contributed by atoms with Gasteiger partial charge in [-0.1, -0.05) is 0 Å². The van der Waals surface area contributed by atoms with E-state index in [2.05, 4.69) is 0 Å². The number of hydrogen-bond acceptors (Lipinski definition) is 3. The molecule has 0 atom stereocenters. The topological polar surface area (TPSA) is 38.7 Å². The first-order valence-electron chi connectivity index (χ1n) is 4.39. The zero-order valence-corrected chi connectivity index (χ0v) is 8.66. The molecule has 1 N–H and O–H groups in total. The summed E-state index contributed by atoms with van der Waals surface area (Å²) in [4.78, 5) is 0. The van der Waals surface area contributed by atoms with Gasteiger partial charge in [0.2, 0.25) is 0 Å². The lowest BCUT2D eigenvalue weighted by Crippen LogP contribution is -1.89. The Morgan fingerprint density at radius 3 is 2.20 bits per heavy atom. The summed E-state index contributed by atoms with van der Waals surface area (Å²) in [5.41, 5.74) is 0.581. The second kappa shape index (κ2) is 5.36. The lowest BCUT2D eigenvalue weighted by Gasteiger charge is -2.05. The summed E-state index contributed by atoms with van der Waals surface area (Å²) in [7, 11) is 3.04. The third-order valence-electron chi connectivity index (χ3n) is 1.85. The standard InChI is InChI=1S/C11H13FO3/c1-14-10-4-8(3-9(12)7-13)5-11(6-10)15-2/h3-6,13H,7H2,1-2H3/b9-3-. The molecule has 0 saturated carbocycles. The Morgan fingerprint density at radius 2 is 1.80 bits per heavy atom. The summed E-state index contributed by atoms with van der Waals surface area (Å²) in [5, 5.41) is 8.54. The Balaban J connectivity index is 3.07. The number of methoxy groups -OCH3 is 2. The predicted molar refractivity (Wildman–Crippen MR) is 55.7 cm³/mol. The summed E-state index contributed by atoms with van der Waals surface area (Å²) in [6.07, 6.45) is 1.23. The predicted octanol–water partition coefficient (Wildman–Crippen LogP) is 2.01. The minimum Gasteiger partial charge on any atom is -0.497 e. The Bertz CT molecular complexity index is 339. The zero-order chi connectivity index (χ0) is 11.3. The van der Waals surface area contributed by atoms with Crippen LogP contribution in [0.3, 0.4) is 0 Å². The number of hydrogen-bond donors (Lipinski definition) is 1. The number of ether oxygens (including phenoxy) is 2. The molecule has 1 aromatic rings. The minimum atomic E-state index is -0.612. The molecule has 0 unspecified atom stereocenters. The molecule has 0 aliphatic carbocycles. The fraction of sp³-hybridized carbons (Fsp3) is 0.273. The Hall–Kier alpha value is -1.55. The molecule has 0 aliphatic heterocycles. The quantitative estimate of drug-likeness (QED) is 0.829. The van der Waals surface area contributed by atoms with Crippen molar-refractivity contribution in [3.05, 3.63) is 29.6 Å². The molecular formula is C11H13FO3. The van der Waals surface area contributed by atoms with E-state index in [9.17, 15) is 4.39 Å². The third kappa shape index (κ3) is 3.25. The van der Waals surface area contributed by atoms with Crippen molar-refractivity contribution in [2.24, 2.45) is 0 Å². The van der Waals surface area contributed by atoms with Crippen LogP contribution in [-0.4, -0.2) is 25.9 Å². The molecule has 3 nitrogen and oxygen atoms in total. The number of benzene rings is 1. The van der Waals surface area contributed by atoms with Crippen LogP contribution in [-0.2, 0) is 0 Å². The number of aliphatic hydroxyl groups is 1. The number of rotatable bonds is 4. The fourth-order valence-corrected chi connectivity index (χ4v) is 1.14. The van der Waals surface area contributed by atoms with E-state index in [-0.39, 0.29) is 0 Å². The number of aliphatic hydroxyl groups excluding tert-OH is 1. The van der Waals surface area contributed by atoms with Crippen molar-refractivity contribution >= 4 is 6.08 Å². The molecular weight excluding hydrogens is 199 g/mol. The van der Waals surface area contributed by atoms with Crippen molar-refractivity contribution in [2.45, 2.75) is 0 Å². The van der Waals surface area contributed by atoms with E-state index in [4.69, 9.17) is 14.6 Å². The fourth-order valence-electron chi connectivity index (χ4n) is 1.14. The van der Waals surface area contributed by atoms with Crippen LogP contribution < -0.4 is 9.47 Å². The van der Waals surface area contributed by atoms with Gasteiger partial charge in [-0.2, -0.15) is 0 Å². The van der Waals surface area contributed by atoms with Crippen molar-refractivity contribution in [3.8, 4) is 11.5 Å². The first-order valence-corrected chi connectivity index (χ1v) is 4.39. The van der Waals surface area contributed by atoms with Gasteiger partial charge in [0.05, 0.1) is 20.8 Å². The number of halogens is 1. The van der Waals surface area contributed by atoms with Gasteiger partial charge in [-0.15, -0.1) is 0 Å². The molecule has 82 valence electrons. The molecule has 15 heavy (non-hydrogen) atoms. The first kappa shape index (κ1) is 11.5. The van der Waals surface area contributed by atoms with Gasteiger partial charge in [0, 0.05) is 6.07 Å². The van der Waals surface area contributed by atoms with E-state index < -0.39 is 12.4 Å². The Kier molecular flexibility index (Phi) is 4.12. The lowest BCUT2D eigenvalue weighted by atomic mass is 10.2. The highest BCUT2D eigenvalue weighted by atomic mass is 19.1. The summed E-state index contributed by atoms with van der Waals surface area (Å²) in [6, 6.07) is 4.99. The monoisotopic (exact) mass is 212 g/mol. The SMILES string of the molecule is COc1cc(/C=C(\F)CO)cc(OC)c1. The van der Waals surface area contributed by atoms with Crippen LogP contribution in [0.2, 0.25) is 0 Å². The maximum Gasteiger partial charge on any atom is 0.126 e. The average Bonchev–Trinajstić information content (AvgIpc) is 2.28. The molecule has 0 radical (unpaired) electrons. The largest absolute Gasteiger partial charge is 0.497 e. The zero-order valence-electron chi connectivity index (χ0n) is 8.66. The molecule has 0 saturated heterocycles. The Morgan fingerprint density at radius 1 is 1.27 bits per heavy atom. The van der Waals surface area contributed by atoms with Crippen molar-refractivity contribution in [1.29, 1.82) is 0 Å². The average molecular weight is 212 g/mol. The van der Waals surface area contributed by atoms with E-state index in [0.717, 1.165) is 0 Å². The van der Waals surface area contributed by atoms with Gasteiger partial charge in [0.25, 0.3) is 0 Å². The molecule has 1 aromatic carbocycles. The van der Waals surface area contributed by atoms with E-state index in [1.165, 1.54) is 20.3 Å². The first-order chi connectivity index (χ1) is 7.19. The highest BCUT2D eigenvalue weighted by molar-refractivity contribution is 5.56. The molecule has 0 spiro atoms. The molecule has 0 aliphatic rings. The highest BCUT2D eigenvalue weighted by Gasteiger charge is 2.01. The molecule has 1 rings (SSSR count). The van der Waals surface area contributed by atoms with E-state index in [0.29, 0.717) is 17.1 Å². The van der Waals surface area contributed by atoms with E-state index >= 15 is 0 Å². The summed E-state index contributed by atoms with van der Waals surface area (Å²) in [5.74, 6) is 0.544. The summed E-state index contributed by atoms with van der Waals surface area (Å²) >= 11 is 0. The van der Waals surface area contributed by atoms with Gasteiger partial charge in [-0.05, 0) is 23.8 Å². The van der Waals surface area contributed by atoms with Gasteiger partial charge >= 0.3 is 0 Å². The molecule has 4 heteroatoms. The smallest absolute Gasteiger partial charge is 0.126 e. The van der Waals surface area contributed by atoms with Crippen molar-refractivity contribution in [3.63, 3.8) is 0 Å². The summed E-state index contributed by atoms with van der Waals surface area (Å²) in [6.45, 7) is -0.612.